The Morgan fingerprint density at radius 3 is 1.28 bits per heavy atom. The molecule has 0 atom stereocenters. The van der Waals surface area contributed by atoms with Crippen molar-refractivity contribution >= 4 is 18.8 Å². The molecular weight excluding hydrogens is 534 g/mol. The summed E-state index contributed by atoms with van der Waals surface area (Å²) in [5.41, 5.74) is 2.64. The number of hydrogen-bond donors (Lipinski definition) is 0. The minimum absolute atomic E-state index is 0.472. The Morgan fingerprint density at radius 1 is 0.680 bits per heavy atom. The van der Waals surface area contributed by atoms with Gasteiger partial charge in [-0.1, -0.05) is 60.7 Å². The molecule has 0 radical (unpaired) electrons. The van der Waals surface area contributed by atoms with Gasteiger partial charge in [-0.2, -0.15) is 10.5 Å². The third kappa shape index (κ3) is 15.9. The van der Waals surface area contributed by atoms with Gasteiger partial charge in [0.05, 0.1) is 12.1 Å². The predicted molar refractivity (Wildman–Crippen MR) is 102 cm³/mol. The standard InChI is InChI=1S/2C10H11N.2ClH.Pt/c2*11-9-5-4-8-10-6-2-1-3-7-10;;;/h2*1-3,6-7H,4-5,8H2;2*1H;/q;;;;+2/p-2. The van der Waals surface area contributed by atoms with Crippen LogP contribution in [0, 0.1) is 22.7 Å². The Bertz CT molecular complexity index is 552. The molecule has 136 valence electrons. The first-order valence-electron chi connectivity index (χ1n) is 7.92. The number of benzene rings is 2. The maximum atomic E-state index is 8.29. The molecule has 2 aromatic carbocycles. The normalized spacial score (nSPS) is 8.80. The summed E-state index contributed by atoms with van der Waals surface area (Å²) in [7, 11) is 9.75. The predicted octanol–water partition coefficient (Wildman–Crippen LogP) is 6.44. The van der Waals surface area contributed by atoms with E-state index in [1.165, 1.54) is 11.1 Å². The summed E-state index contributed by atoms with van der Waals surface area (Å²) < 4.78 is 0. The van der Waals surface area contributed by atoms with Crippen LogP contribution >= 0.6 is 18.8 Å². The van der Waals surface area contributed by atoms with Gasteiger partial charge in [-0.05, 0) is 36.8 Å². The van der Waals surface area contributed by atoms with Gasteiger partial charge in [-0.15, -0.1) is 0 Å². The Labute approximate surface area is 167 Å². The molecule has 0 unspecified atom stereocenters. The third-order valence-corrected chi connectivity index (χ3v) is 3.19. The van der Waals surface area contributed by atoms with E-state index in [0.717, 1.165) is 25.7 Å². The first-order valence-corrected chi connectivity index (χ1v) is 13.6. The van der Waals surface area contributed by atoms with E-state index in [1.54, 1.807) is 0 Å². The molecule has 0 spiro atoms. The molecule has 0 bridgehead atoms. The summed E-state index contributed by atoms with van der Waals surface area (Å²) in [6.45, 7) is 0. The van der Waals surface area contributed by atoms with E-state index in [2.05, 4.69) is 36.4 Å². The summed E-state index contributed by atoms with van der Waals surface area (Å²) >= 11 is -0.472. The summed E-state index contributed by atoms with van der Waals surface area (Å²) in [6.07, 6.45) is 5.31. The summed E-state index contributed by atoms with van der Waals surface area (Å²) in [6, 6.07) is 24.8. The van der Waals surface area contributed by atoms with E-state index < -0.39 is 16.5 Å². The van der Waals surface area contributed by atoms with E-state index in [1.807, 2.05) is 36.4 Å². The minimum atomic E-state index is -0.472. The first kappa shape index (κ1) is 23.7. The van der Waals surface area contributed by atoms with Crippen molar-refractivity contribution in [3.63, 3.8) is 0 Å². The fourth-order valence-electron chi connectivity index (χ4n) is 2.03. The fourth-order valence-corrected chi connectivity index (χ4v) is 2.03. The van der Waals surface area contributed by atoms with Crippen LogP contribution in [0.15, 0.2) is 60.7 Å². The zero-order valence-electron chi connectivity index (χ0n) is 14.0. The van der Waals surface area contributed by atoms with Crippen LogP contribution in [0.4, 0.5) is 0 Å². The number of unbranched alkanes of at least 4 members (excludes halogenated alkanes) is 2. The van der Waals surface area contributed by atoms with Crippen molar-refractivity contribution in [2.24, 2.45) is 0 Å². The number of nitriles is 2. The van der Waals surface area contributed by atoms with Crippen LogP contribution in [0.2, 0.25) is 0 Å². The fraction of sp³-hybridized carbons (Fsp3) is 0.300. The van der Waals surface area contributed by atoms with Gasteiger partial charge in [0.1, 0.15) is 0 Å². The van der Waals surface area contributed by atoms with Crippen LogP contribution < -0.4 is 0 Å². The van der Waals surface area contributed by atoms with E-state index in [-0.39, 0.29) is 0 Å². The van der Waals surface area contributed by atoms with Crippen LogP contribution in [0.25, 0.3) is 0 Å². The molecule has 0 aliphatic rings. The van der Waals surface area contributed by atoms with Crippen LogP contribution in [0.5, 0.6) is 0 Å². The number of halogens is 2. The van der Waals surface area contributed by atoms with Crippen molar-refractivity contribution < 1.29 is 16.5 Å². The van der Waals surface area contributed by atoms with E-state index in [4.69, 9.17) is 29.4 Å². The molecule has 2 nitrogen and oxygen atoms in total. The quantitative estimate of drug-likeness (QED) is 0.385. The van der Waals surface area contributed by atoms with Crippen molar-refractivity contribution in [2.75, 3.05) is 0 Å². The Kier molecular flexibility index (Phi) is 18.0. The van der Waals surface area contributed by atoms with Crippen LogP contribution in [0.1, 0.15) is 36.8 Å². The molecule has 0 saturated heterocycles. The maximum absolute atomic E-state index is 8.29. The molecule has 0 saturated carbocycles. The Morgan fingerprint density at radius 2 is 1.00 bits per heavy atom. The molecule has 0 heterocycles. The van der Waals surface area contributed by atoms with E-state index in [9.17, 15) is 0 Å². The molecule has 0 aliphatic carbocycles. The molecule has 2 aromatic rings. The molecule has 0 amide bonds. The monoisotopic (exact) mass is 555 g/mol. The SMILES string of the molecule is N#CCCCc1ccccc1.N#CCCCc1ccccc1.[Cl][Pt][Cl]. The second kappa shape index (κ2) is 19.0. The van der Waals surface area contributed by atoms with E-state index >= 15 is 0 Å². The van der Waals surface area contributed by atoms with Gasteiger partial charge in [0.25, 0.3) is 0 Å². The van der Waals surface area contributed by atoms with Gasteiger partial charge in [-0.3, -0.25) is 0 Å². The average molecular weight is 556 g/mol. The van der Waals surface area contributed by atoms with Gasteiger partial charge in [0.15, 0.2) is 0 Å². The van der Waals surface area contributed by atoms with Crippen molar-refractivity contribution in [2.45, 2.75) is 38.5 Å². The topological polar surface area (TPSA) is 47.6 Å². The van der Waals surface area contributed by atoms with Crippen molar-refractivity contribution in [3.8, 4) is 12.1 Å². The second-order valence-electron chi connectivity index (χ2n) is 5.04. The summed E-state index contributed by atoms with van der Waals surface area (Å²) in [4.78, 5) is 0. The zero-order valence-corrected chi connectivity index (χ0v) is 17.8. The van der Waals surface area contributed by atoms with Gasteiger partial charge in [-0.25, -0.2) is 0 Å². The van der Waals surface area contributed by atoms with Crippen molar-refractivity contribution in [3.05, 3.63) is 71.8 Å². The third-order valence-electron chi connectivity index (χ3n) is 3.19. The number of nitrogens with zero attached hydrogens (tertiary/aromatic N) is 2. The molecule has 0 aromatic heterocycles. The Balaban J connectivity index is 0.000000399. The molecular formula is C20H22Cl2N2Pt. The molecule has 2 rings (SSSR count). The molecule has 5 heteroatoms. The van der Waals surface area contributed by atoms with Crippen LogP contribution in [0.3, 0.4) is 0 Å². The van der Waals surface area contributed by atoms with Gasteiger partial charge >= 0.3 is 35.3 Å². The number of aryl methyl sites for hydroxylation is 2. The van der Waals surface area contributed by atoms with Gasteiger partial charge in [0.2, 0.25) is 0 Å². The molecule has 0 aliphatic heterocycles. The second-order valence-corrected chi connectivity index (χ2v) is 8.32. The van der Waals surface area contributed by atoms with Gasteiger partial charge < -0.3 is 0 Å². The Hall–Kier alpha value is -1.31. The summed E-state index contributed by atoms with van der Waals surface area (Å²) in [5, 5.41) is 16.6. The van der Waals surface area contributed by atoms with Gasteiger partial charge in [0, 0.05) is 12.8 Å². The zero-order chi connectivity index (χ0) is 18.6. The van der Waals surface area contributed by atoms with Crippen molar-refractivity contribution in [1.29, 1.82) is 10.5 Å². The molecule has 0 fully saturated rings. The molecule has 0 N–H and O–H groups in total. The summed E-state index contributed by atoms with van der Waals surface area (Å²) in [5.74, 6) is 0. The van der Waals surface area contributed by atoms with Crippen molar-refractivity contribution in [1.82, 2.24) is 0 Å². The number of rotatable bonds is 6. The average Bonchev–Trinajstić information content (AvgIpc) is 2.65. The molecule has 25 heavy (non-hydrogen) atoms. The first-order chi connectivity index (χ1) is 12.3. The van der Waals surface area contributed by atoms with E-state index in [0.29, 0.717) is 12.8 Å². The number of hydrogen-bond acceptors (Lipinski definition) is 2. The van der Waals surface area contributed by atoms with Crippen LogP contribution in [-0.2, 0) is 29.3 Å². The van der Waals surface area contributed by atoms with Crippen LogP contribution in [-0.4, -0.2) is 0 Å².